The summed E-state index contributed by atoms with van der Waals surface area (Å²) in [4.78, 5) is 16.4. The first kappa shape index (κ1) is 16.4. The summed E-state index contributed by atoms with van der Waals surface area (Å²) < 4.78 is 7.61. The van der Waals surface area contributed by atoms with Crippen molar-refractivity contribution in [1.29, 1.82) is 0 Å². The third kappa shape index (κ3) is 3.61. The van der Waals surface area contributed by atoms with Gasteiger partial charge >= 0.3 is 0 Å². The molecule has 2 heterocycles. The Balaban J connectivity index is 1.25. The number of benzene rings is 2. The number of imidazole rings is 1. The van der Waals surface area contributed by atoms with E-state index in [0.717, 1.165) is 48.3 Å². The number of carbonyl (C=O) groups is 1. The van der Waals surface area contributed by atoms with Gasteiger partial charge in [-0.15, -0.1) is 0 Å². The molecule has 0 spiro atoms. The van der Waals surface area contributed by atoms with Crippen LogP contribution >= 0.6 is 0 Å². The van der Waals surface area contributed by atoms with Gasteiger partial charge in [-0.2, -0.15) is 0 Å². The lowest BCUT2D eigenvalue weighted by molar-refractivity contribution is -0.116. The predicted octanol–water partition coefficient (Wildman–Crippen LogP) is 3.19. The van der Waals surface area contributed by atoms with Crippen molar-refractivity contribution in [2.45, 2.75) is 19.4 Å². The highest BCUT2D eigenvalue weighted by Crippen LogP contribution is 2.26. The molecule has 5 heteroatoms. The van der Waals surface area contributed by atoms with Crippen LogP contribution in [0.1, 0.15) is 17.5 Å². The lowest BCUT2D eigenvalue weighted by Crippen LogP contribution is -2.23. The highest BCUT2D eigenvalue weighted by Gasteiger charge is 2.11. The maximum absolute atomic E-state index is 12.0. The van der Waals surface area contributed by atoms with Gasteiger partial charge < -0.3 is 14.6 Å². The molecule has 0 saturated carbocycles. The summed E-state index contributed by atoms with van der Waals surface area (Å²) in [6.07, 6.45) is 7.08. The van der Waals surface area contributed by atoms with Crippen LogP contribution < -0.4 is 10.1 Å². The second-order valence-corrected chi connectivity index (χ2v) is 6.37. The molecule has 5 nitrogen and oxygen atoms in total. The molecule has 1 aromatic heterocycles. The van der Waals surface area contributed by atoms with E-state index in [9.17, 15) is 4.79 Å². The molecule has 1 aliphatic heterocycles. The van der Waals surface area contributed by atoms with Crippen molar-refractivity contribution < 1.29 is 9.53 Å². The Hall–Kier alpha value is -3.08. The second kappa shape index (κ2) is 7.44. The molecular weight excluding hydrogens is 326 g/mol. The maximum Gasteiger partial charge on any atom is 0.244 e. The molecule has 132 valence electrons. The van der Waals surface area contributed by atoms with E-state index in [1.165, 1.54) is 5.56 Å². The number of hydrogen-bond donors (Lipinski definition) is 1. The van der Waals surface area contributed by atoms with E-state index in [1.54, 1.807) is 6.08 Å². The van der Waals surface area contributed by atoms with Crippen molar-refractivity contribution in [3.8, 4) is 5.75 Å². The van der Waals surface area contributed by atoms with Gasteiger partial charge in [-0.1, -0.05) is 18.2 Å². The number of fused-ring (bicyclic) bond motifs is 2. The van der Waals surface area contributed by atoms with Crippen LogP contribution in [0, 0.1) is 0 Å². The molecule has 4 rings (SSSR count). The highest BCUT2D eigenvalue weighted by molar-refractivity contribution is 5.91. The number of hydrogen-bond acceptors (Lipinski definition) is 3. The molecule has 0 fully saturated rings. The summed E-state index contributed by atoms with van der Waals surface area (Å²) in [5.74, 6) is 0.885. The molecule has 1 amide bonds. The molecule has 0 radical (unpaired) electrons. The number of amides is 1. The molecule has 0 saturated heterocycles. The first-order chi connectivity index (χ1) is 12.8. The second-order valence-electron chi connectivity index (χ2n) is 6.37. The van der Waals surface area contributed by atoms with Crippen LogP contribution in [0.2, 0.25) is 0 Å². The van der Waals surface area contributed by atoms with E-state index in [-0.39, 0.29) is 5.91 Å². The Kier molecular flexibility index (Phi) is 4.69. The van der Waals surface area contributed by atoms with E-state index in [2.05, 4.69) is 27.0 Å². The largest absolute Gasteiger partial charge is 0.493 e. The number of para-hydroxylation sites is 2. The van der Waals surface area contributed by atoms with Crippen LogP contribution in [-0.4, -0.2) is 28.6 Å². The Morgan fingerprint density at radius 1 is 1.27 bits per heavy atom. The van der Waals surface area contributed by atoms with E-state index >= 15 is 0 Å². The number of aromatic nitrogens is 2. The minimum Gasteiger partial charge on any atom is -0.493 e. The van der Waals surface area contributed by atoms with Crippen molar-refractivity contribution in [3.05, 3.63) is 66.0 Å². The summed E-state index contributed by atoms with van der Waals surface area (Å²) in [5.41, 5.74) is 4.35. The molecule has 1 N–H and O–H groups in total. The minimum atomic E-state index is -0.0720. The Bertz CT molecular complexity index is 959. The van der Waals surface area contributed by atoms with Gasteiger partial charge in [-0.3, -0.25) is 4.79 Å². The van der Waals surface area contributed by atoms with Gasteiger partial charge in [0.25, 0.3) is 0 Å². The van der Waals surface area contributed by atoms with Gasteiger partial charge in [-0.25, -0.2) is 4.98 Å². The van der Waals surface area contributed by atoms with Gasteiger partial charge in [0.05, 0.1) is 24.0 Å². The van der Waals surface area contributed by atoms with Crippen LogP contribution in [0.5, 0.6) is 5.75 Å². The molecule has 0 bridgehead atoms. The zero-order chi connectivity index (χ0) is 17.8. The van der Waals surface area contributed by atoms with Gasteiger partial charge in [0.15, 0.2) is 0 Å². The number of aryl methyl sites for hydroxylation is 1. The predicted molar refractivity (Wildman–Crippen MR) is 102 cm³/mol. The molecule has 0 unspecified atom stereocenters. The Labute approximate surface area is 152 Å². The molecule has 0 atom stereocenters. The molecule has 26 heavy (non-hydrogen) atoms. The number of carbonyl (C=O) groups excluding carboxylic acids is 1. The first-order valence-electron chi connectivity index (χ1n) is 8.91. The van der Waals surface area contributed by atoms with Crippen LogP contribution in [-0.2, 0) is 17.8 Å². The smallest absolute Gasteiger partial charge is 0.244 e. The number of nitrogens with zero attached hydrogens (tertiary/aromatic N) is 2. The van der Waals surface area contributed by atoms with Crippen molar-refractivity contribution in [2.75, 3.05) is 13.2 Å². The Morgan fingerprint density at radius 2 is 2.19 bits per heavy atom. The maximum atomic E-state index is 12.0. The third-order valence-electron chi connectivity index (χ3n) is 4.54. The SMILES string of the molecule is O=C(/C=C/c1ccc2c(c1)CCO2)NCCCn1cnc2ccccc21. The average Bonchev–Trinajstić information content (AvgIpc) is 3.30. The summed E-state index contributed by atoms with van der Waals surface area (Å²) in [5, 5.41) is 2.93. The minimum absolute atomic E-state index is 0.0720. The summed E-state index contributed by atoms with van der Waals surface area (Å²) in [6.45, 7) is 2.21. The van der Waals surface area contributed by atoms with Crippen LogP contribution in [0.3, 0.4) is 0 Å². The fourth-order valence-electron chi connectivity index (χ4n) is 3.19. The third-order valence-corrected chi connectivity index (χ3v) is 4.54. The van der Waals surface area contributed by atoms with Crippen LogP contribution in [0.15, 0.2) is 54.9 Å². The standard InChI is InChI=1S/C21H21N3O2/c25-21(9-7-16-6-8-20-17(14-16)10-13-26-20)22-11-3-12-24-15-23-18-4-1-2-5-19(18)24/h1-2,4-9,14-15H,3,10-13H2,(H,22,25)/b9-7+. The number of rotatable bonds is 6. The van der Waals surface area contributed by atoms with Crippen molar-refractivity contribution in [1.82, 2.24) is 14.9 Å². The van der Waals surface area contributed by atoms with Crippen molar-refractivity contribution in [3.63, 3.8) is 0 Å². The average molecular weight is 347 g/mol. The zero-order valence-electron chi connectivity index (χ0n) is 14.5. The number of ether oxygens (including phenoxy) is 1. The molecule has 3 aromatic rings. The monoisotopic (exact) mass is 347 g/mol. The zero-order valence-corrected chi connectivity index (χ0v) is 14.5. The molecule has 1 aliphatic rings. The van der Waals surface area contributed by atoms with Gasteiger partial charge in [-0.05, 0) is 47.9 Å². The van der Waals surface area contributed by atoms with E-state index in [1.807, 2.05) is 42.7 Å². The lowest BCUT2D eigenvalue weighted by Gasteiger charge is -2.05. The van der Waals surface area contributed by atoms with Gasteiger partial charge in [0, 0.05) is 25.6 Å². The quantitative estimate of drug-likeness (QED) is 0.550. The first-order valence-corrected chi connectivity index (χ1v) is 8.91. The molecular formula is C21H21N3O2. The van der Waals surface area contributed by atoms with Gasteiger partial charge in [0.2, 0.25) is 5.91 Å². The van der Waals surface area contributed by atoms with Crippen molar-refractivity contribution >= 4 is 23.0 Å². The molecule has 0 aliphatic carbocycles. The van der Waals surface area contributed by atoms with E-state index in [4.69, 9.17) is 4.74 Å². The molecule has 2 aromatic carbocycles. The number of nitrogens with one attached hydrogen (secondary N) is 1. The topological polar surface area (TPSA) is 56.1 Å². The van der Waals surface area contributed by atoms with Crippen molar-refractivity contribution in [2.24, 2.45) is 0 Å². The van der Waals surface area contributed by atoms with Crippen LogP contribution in [0.25, 0.3) is 17.1 Å². The summed E-state index contributed by atoms with van der Waals surface area (Å²) in [6, 6.07) is 14.1. The van der Waals surface area contributed by atoms with E-state index < -0.39 is 0 Å². The summed E-state index contributed by atoms with van der Waals surface area (Å²) >= 11 is 0. The highest BCUT2D eigenvalue weighted by atomic mass is 16.5. The normalized spacial score (nSPS) is 13.1. The fourth-order valence-corrected chi connectivity index (χ4v) is 3.19. The summed E-state index contributed by atoms with van der Waals surface area (Å²) in [7, 11) is 0. The van der Waals surface area contributed by atoms with E-state index in [0.29, 0.717) is 6.54 Å². The van der Waals surface area contributed by atoms with Crippen LogP contribution in [0.4, 0.5) is 0 Å². The Morgan fingerprint density at radius 3 is 3.15 bits per heavy atom. The lowest BCUT2D eigenvalue weighted by atomic mass is 10.1. The fraction of sp³-hybridized carbons (Fsp3) is 0.238. The van der Waals surface area contributed by atoms with Gasteiger partial charge in [0.1, 0.15) is 5.75 Å².